The molecule has 1 saturated carbocycles. The molecule has 8 radical (unpaired) electrons. The molecule has 1 heterocycles. The smallest absolute Gasteiger partial charge is 0.319 e. The number of pyridine rings is 1. The summed E-state index contributed by atoms with van der Waals surface area (Å²) in [5, 5.41) is 0.712. The molecule has 16 heteroatoms. The summed E-state index contributed by atoms with van der Waals surface area (Å²) in [7, 11) is 22.7. The molecule has 0 bridgehead atoms. The number of nitrogens with two attached hydrogens (primary N) is 1. The number of benzene rings is 2. The number of urea groups is 1. The summed E-state index contributed by atoms with van der Waals surface area (Å²) in [6.07, 6.45) is 1.26. The summed E-state index contributed by atoms with van der Waals surface area (Å²) >= 11 is 6.02. The van der Waals surface area contributed by atoms with E-state index in [4.69, 9.17) is 58.2 Å². The molecule has 3 amide bonds. The van der Waals surface area contributed by atoms with Gasteiger partial charge in [0.15, 0.2) is 17.4 Å². The molecular formula is C22H14B4ClF3N4O4. The van der Waals surface area contributed by atoms with Crippen LogP contribution in [0.1, 0.15) is 10.4 Å². The molecule has 0 spiro atoms. The van der Waals surface area contributed by atoms with Gasteiger partial charge < -0.3 is 25.8 Å². The number of halogens is 4. The van der Waals surface area contributed by atoms with E-state index in [1.807, 2.05) is 0 Å². The predicted molar refractivity (Wildman–Crippen MR) is 138 cm³/mol. The highest BCUT2D eigenvalue weighted by Crippen LogP contribution is 2.67. The fraction of sp³-hybridized carbons (Fsp3) is 0.227. The van der Waals surface area contributed by atoms with Crippen LogP contribution in [0.2, 0.25) is 15.5 Å². The number of aromatic nitrogens is 1. The van der Waals surface area contributed by atoms with Gasteiger partial charge in [-0.3, -0.25) is 9.78 Å². The molecule has 0 saturated heterocycles. The normalized spacial score (nSPS) is 15.6. The van der Waals surface area contributed by atoms with Crippen LogP contribution in [0.25, 0.3) is 10.9 Å². The van der Waals surface area contributed by atoms with E-state index in [9.17, 15) is 18.4 Å². The van der Waals surface area contributed by atoms with Crippen LogP contribution in [0.5, 0.6) is 17.2 Å². The molecular weight excluding hydrogens is 520 g/mol. The van der Waals surface area contributed by atoms with Crippen molar-refractivity contribution in [3.8, 4) is 17.2 Å². The molecule has 1 aliphatic rings. The summed E-state index contributed by atoms with van der Waals surface area (Å²) in [5.74, 6) is -4.57. The lowest BCUT2D eigenvalue weighted by atomic mass is 9.49. The van der Waals surface area contributed by atoms with Crippen molar-refractivity contribution in [3.05, 3.63) is 52.7 Å². The lowest BCUT2D eigenvalue weighted by Gasteiger charge is -2.16. The number of amides is 3. The quantitative estimate of drug-likeness (QED) is 0.304. The molecule has 4 N–H and O–H groups in total. The standard InChI is InChI=1S/C22H14B4ClF3N4O4/c23-21(24)19(22(21,25)26)34-20(36)33-12-6-10(29)17(16(30)15(12)27)38-13-1-3-32-11-7-14(37-4-2-28)9(18(31)35)5-8(11)13/h1,3,5-7,19H,2,4H2,(H2,31,35)(H2,33,34,36). The van der Waals surface area contributed by atoms with Gasteiger partial charge in [-0.05, 0) is 12.1 Å². The SMILES string of the molecule is [B]C1([B])C(NC(=O)Nc2cc(F)c(Oc3ccnc4cc(OCCF)c(C(N)=O)cc34)c(F)c2Cl)C1([B])[B]. The second-order valence-corrected chi connectivity index (χ2v) is 8.82. The molecule has 0 aliphatic heterocycles. The van der Waals surface area contributed by atoms with Crippen molar-refractivity contribution in [2.75, 3.05) is 18.6 Å². The molecule has 8 nitrogen and oxygen atoms in total. The number of carbonyl (C=O) groups is 2. The predicted octanol–water partition coefficient (Wildman–Crippen LogP) is 2.82. The monoisotopic (exact) mass is 534 g/mol. The van der Waals surface area contributed by atoms with E-state index in [2.05, 4.69) is 15.6 Å². The van der Waals surface area contributed by atoms with Crippen LogP contribution in [0.15, 0.2) is 30.5 Å². The van der Waals surface area contributed by atoms with Gasteiger partial charge in [0.05, 0.1) is 48.2 Å². The number of hydrogen-bond acceptors (Lipinski definition) is 5. The average Bonchev–Trinajstić information content (AvgIpc) is 3.24. The average molecular weight is 534 g/mol. The van der Waals surface area contributed by atoms with E-state index in [-0.39, 0.29) is 34.6 Å². The molecule has 186 valence electrons. The summed E-state index contributed by atoms with van der Waals surface area (Å²) in [4.78, 5) is 28.3. The Hall–Kier alpha value is -3.47. The molecule has 2 aromatic carbocycles. The molecule has 1 aliphatic carbocycles. The minimum atomic E-state index is -1.59. The van der Waals surface area contributed by atoms with Crippen LogP contribution in [-0.2, 0) is 0 Å². The van der Waals surface area contributed by atoms with Gasteiger partial charge in [0.1, 0.15) is 29.8 Å². The number of alkyl halides is 1. The Bertz CT molecular complexity index is 1450. The Morgan fingerprint density at radius 3 is 2.42 bits per heavy atom. The minimum absolute atomic E-state index is 0.0318. The molecule has 1 fully saturated rings. The fourth-order valence-corrected chi connectivity index (χ4v) is 3.85. The number of carbonyl (C=O) groups excluding carboxylic acids is 2. The van der Waals surface area contributed by atoms with Gasteiger partial charge in [0.25, 0.3) is 5.91 Å². The molecule has 4 rings (SSSR count). The van der Waals surface area contributed by atoms with Crippen molar-refractivity contribution in [1.29, 1.82) is 0 Å². The van der Waals surface area contributed by atoms with Crippen molar-refractivity contribution < 1.29 is 32.2 Å². The maximum Gasteiger partial charge on any atom is 0.319 e. The minimum Gasteiger partial charge on any atom is -0.490 e. The number of ether oxygens (including phenoxy) is 2. The highest BCUT2D eigenvalue weighted by molar-refractivity contribution is 6.61. The first-order chi connectivity index (χ1) is 17.8. The van der Waals surface area contributed by atoms with Gasteiger partial charge in [-0.15, -0.1) is 0 Å². The van der Waals surface area contributed by atoms with E-state index in [0.717, 1.165) is 0 Å². The van der Waals surface area contributed by atoms with Crippen LogP contribution in [0.4, 0.5) is 23.7 Å². The van der Waals surface area contributed by atoms with Gasteiger partial charge in [0, 0.05) is 29.8 Å². The molecule has 1 aromatic heterocycles. The first-order valence-electron chi connectivity index (χ1n) is 10.8. The molecule has 0 atom stereocenters. The fourth-order valence-electron chi connectivity index (χ4n) is 3.67. The number of nitrogens with one attached hydrogen (secondary N) is 2. The van der Waals surface area contributed by atoms with E-state index < -0.39 is 63.2 Å². The van der Waals surface area contributed by atoms with Gasteiger partial charge in [-0.1, -0.05) is 22.0 Å². The maximum absolute atomic E-state index is 15.1. The third kappa shape index (κ3) is 4.87. The Labute approximate surface area is 224 Å². The zero-order valence-electron chi connectivity index (χ0n) is 19.4. The van der Waals surface area contributed by atoms with Crippen molar-refractivity contribution in [1.82, 2.24) is 10.3 Å². The van der Waals surface area contributed by atoms with Crippen LogP contribution in [0.3, 0.4) is 0 Å². The lowest BCUT2D eigenvalue weighted by molar-refractivity contribution is 0.0996. The van der Waals surface area contributed by atoms with Crippen LogP contribution < -0.4 is 25.8 Å². The van der Waals surface area contributed by atoms with Crippen LogP contribution >= 0.6 is 11.6 Å². The van der Waals surface area contributed by atoms with Gasteiger partial charge in [-0.25, -0.2) is 18.0 Å². The lowest BCUT2D eigenvalue weighted by Crippen LogP contribution is -2.34. The largest absolute Gasteiger partial charge is 0.490 e. The van der Waals surface area contributed by atoms with E-state index in [1.165, 1.54) is 24.4 Å². The van der Waals surface area contributed by atoms with Gasteiger partial charge in [-0.2, -0.15) is 0 Å². The topological polar surface area (TPSA) is 116 Å². The summed E-state index contributed by atoms with van der Waals surface area (Å²) in [5.41, 5.74) is 4.99. The number of anilines is 1. The van der Waals surface area contributed by atoms with E-state index in [0.29, 0.717) is 6.07 Å². The highest BCUT2D eigenvalue weighted by atomic mass is 35.5. The van der Waals surface area contributed by atoms with E-state index >= 15 is 4.39 Å². The van der Waals surface area contributed by atoms with Gasteiger partial charge in [0.2, 0.25) is 0 Å². The first kappa shape index (κ1) is 27.6. The zero-order valence-corrected chi connectivity index (χ0v) is 20.1. The van der Waals surface area contributed by atoms with E-state index in [1.54, 1.807) is 0 Å². The second-order valence-electron chi connectivity index (χ2n) is 8.44. The highest BCUT2D eigenvalue weighted by Gasteiger charge is 2.62. The summed E-state index contributed by atoms with van der Waals surface area (Å²) in [6.45, 7) is -1.16. The maximum atomic E-state index is 15.1. The first-order valence-corrected chi connectivity index (χ1v) is 11.2. The Morgan fingerprint density at radius 1 is 1.13 bits per heavy atom. The Kier molecular flexibility index (Phi) is 7.26. The Balaban J connectivity index is 1.63. The zero-order chi connectivity index (χ0) is 28.0. The number of primary amides is 1. The third-order valence-corrected chi connectivity index (χ3v) is 6.25. The number of nitrogens with zero attached hydrogens (tertiary/aromatic N) is 1. The Morgan fingerprint density at radius 2 is 1.82 bits per heavy atom. The third-order valence-electron chi connectivity index (χ3n) is 5.88. The van der Waals surface area contributed by atoms with Crippen molar-refractivity contribution in [2.45, 2.75) is 16.5 Å². The number of rotatable bonds is 8. The molecule has 38 heavy (non-hydrogen) atoms. The van der Waals surface area contributed by atoms with Gasteiger partial charge >= 0.3 is 6.03 Å². The number of hydrogen-bond donors (Lipinski definition) is 3. The van der Waals surface area contributed by atoms with Crippen molar-refractivity contribution in [3.63, 3.8) is 0 Å². The number of fused-ring (bicyclic) bond motifs is 1. The molecule has 3 aromatic rings. The second kappa shape index (κ2) is 10.0. The molecule has 0 unspecified atom stereocenters. The van der Waals surface area contributed by atoms with Crippen LogP contribution in [0, 0.1) is 11.6 Å². The van der Waals surface area contributed by atoms with Crippen molar-refractivity contribution >= 4 is 71.5 Å². The van der Waals surface area contributed by atoms with Crippen LogP contribution in [-0.4, -0.2) is 67.6 Å². The summed E-state index contributed by atoms with van der Waals surface area (Å²) in [6, 6.07) is 2.51. The summed E-state index contributed by atoms with van der Waals surface area (Å²) < 4.78 is 53.2. The van der Waals surface area contributed by atoms with Crippen molar-refractivity contribution in [2.24, 2.45) is 5.73 Å².